The summed E-state index contributed by atoms with van der Waals surface area (Å²) < 4.78 is 0. The van der Waals surface area contributed by atoms with Crippen LogP contribution in [0.1, 0.15) is 23.1 Å². The van der Waals surface area contributed by atoms with E-state index >= 15 is 0 Å². The van der Waals surface area contributed by atoms with Gasteiger partial charge in [-0.15, -0.1) is 0 Å². The lowest BCUT2D eigenvalue weighted by molar-refractivity contribution is 0.164. The number of aliphatic hydroxyl groups is 1. The predicted octanol–water partition coefficient (Wildman–Crippen LogP) is 3.68. The molecule has 0 radical (unpaired) electrons. The highest BCUT2D eigenvalue weighted by molar-refractivity contribution is 6.30. The Kier molecular flexibility index (Phi) is 3.99. The summed E-state index contributed by atoms with van der Waals surface area (Å²) in [6, 6.07) is 18.3. The van der Waals surface area contributed by atoms with Crippen LogP contribution >= 0.6 is 11.6 Å². The van der Waals surface area contributed by atoms with Crippen molar-refractivity contribution in [3.05, 3.63) is 70.7 Å². The molecular formula is C15H12ClNO. The molecule has 1 N–H and O–H groups in total. The van der Waals surface area contributed by atoms with Crippen molar-refractivity contribution in [2.75, 3.05) is 0 Å². The zero-order valence-corrected chi connectivity index (χ0v) is 10.4. The second kappa shape index (κ2) is 5.68. The maximum Gasteiger partial charge on any atom is 0.101 e. The average Bonchev–Trinajstić information content (AvgIpc) is 2.42. The molecule has 0 heterocycles. The van der Waals surface area contributed by atoms with Gasteiger partial charge in [-0.25, -0.2) is 0 Å². The van der Waals surface area contributed by atoms with Crippen LogP contribution in [0.25, 0.3) is 0 Å². The maximum atomic E-state index is 10.2. The van der Waals surface area contributed by atoms with Crippen LogP contribution in [0, 0.1) is 11.3 Å². The third-order valence-corrected chi connectivity index (χ3v) is 3.08. The number of benzene rings is 2. The molecule has 3 heteroatoms. The zero-order valence-electron chi connectivity index (χ0n) is 9.62. The van der Waals surface area contributed by atoms with Gasteiger partial charge in [-0.1, -0.05) is 54.1 Å². The molecule has 0 saturated heterocycles. The lowest BCUT2D eigenvalue weighted by Gasteiger charge is -2.17. The van der Waals surface area contributed by atoms with E-state index in [1.807, 2.05) is 30.3 Å². The summed E-state index contributed by atoms with van der Waals surface area (Å²) in [5, 5.41) is 20.1. The van der Waals surface area contributed by atoms with Crippen molar-refractivity contribution in [2.24, 2.45) is 0 Å². The highest BCUT2D eigenvalue weighted by atomic mass is 35.5. The molecule has 2 aromatic rings. The molecule has 18 heavy (non-hydrogen) atoms. The Morgan fingerprint density at radius 2 is 1.56 bits per heavy atom. The van der Waals surface area contributed by atoms with E-state index in [0.717, 1.165) is 11.1 Å². The minimum Gasteiger partial charge on any atom is -0.387 e. The van der Waals surface area contributed by atoms with Crippen LogP contribution in [0.15, 0.2) is 54.6 Å². The lowest BCUT2D eigenvalue weighted by Crippen LogP contribution is -2.09. The topological polar surface area (TPSA) is 44.0 Å². The van der Waals surface area contributed by atoms with Gasteiger partial charge < -0.3 is 5.11 Å². The Morgan fingerprint density at radius 1 is 0.944 bits per heavy atom. The second-order valence-corrected chi connectivity index (χ2v) is 4.45. The molecule has 2 atom stereocenters. The summed E-state index contributed by atoms with van der Waals surface area (Å²) in [7, 11) is 0. The smallest absolute Gasteiger partial charge is 0.101 e. The quantitative estimate of drug-likeness (QED) is 0.912. The molecule has 2 aromatic carbocycles. The van der Waals surface area contributed by atoms with Gasteiger partial charge in [0.15, 0.2) is 0 Å². The van der Waals surface area contributed by atoms with Gasteiger partial charge >= 0.3 is 0 Å². The van der Waals surface area contributed by atoms with E-state index in [2.05, 4.69) is 6.07 Å². The molecule has 0 aromatic heterocycles. The van der Waals surface area contributed by atoms with Crippen molar-refractivity contribution in [3.63, 3.8) is 0 Å². The first kappa shape index (κ1) is 12.6. The first-order valence-electron chi connectivity index (χ1n) is 5.60. The largest absolute Gasteiger partial charge is 0.387 e. The number of rotatable bonds is 3. The van der Waals surface area contributed by atoms with Gasteiger partial charge in [-0.3, -0.25) is 0 Å². The minimum atomic E-state index is -0.836. The summed E-state index contributed by atoms with van der Waals surface area (Å²) in [5.41, 5.74) is 1.50. The first-order chi connectivity index (χ1) is 8.72. The van der Waals surface area contributed by atoms with Crippen LogP contribution in [-0.2, 0) is 0 Å². The third kappa shape index (κ3) is 2.70. The molecule has 0 aliphatic rings. The average molecular weight is 258 g/mol. The van der Waals surface area contributed by atoms with E-state index in [9.17, 15) is 10.4 Å². The SMILES string of the molecule is N#C[C@@H](c1ccc(Cl)cc1)[C@@H](O)c1ccccc1. The highest BCUT2D eigenvalue weighted by Gasteiger charge is 2.22. The number of nitrogens with zero attached hydrogens (tertiary/aromatic N) is 1. The van der Waals surface area contributed by atoms with Crippen LogP contribution < -0.4 is 0 Å². The molecule has 0 aliphatic heterocycles. The summed E-state index contributed by atoms with van der Waals surface area (Å²) in [4.78, 5) is 0. The predicted molar refractivity (Wildman–Crippen MR) is 71.2 cm³/mol. The van der Waals surface area contributed by atoms with E-state index in [4.69, 9.17) is 11.6 Å². The molecule has 2 rings (SSSR count). The number of aliphatic hydroxyl groups excluding tert-OH is 1. The van der Waals surface area contributed by atoms with Crippen molar-refractivity contribution >= 4 is 11.6 Å². The van der Waals surface area contributed by atoms with Crippen LogP contribution in [0.3, 0.4) is 0 Å². The molecule has 0 spiro atoms. The number of nitriles is 1. The molecule has 0 amide bonds. The zero-order chi connectivity index (χ0) is 13.0. The van der Waals surface area contributed by atoms with E-state index in [1.165, 1.54) is 0 Å². The Bertz CT molecular complexity index is 545. The van der Waals surface area contributed by atoms with Crippen LogP contribution in [0.5, 0.6) is 0 Å². The van der Waals surface area contributed by atoms with Crippen LogP contribution in [-0.4, -0.2) is 5.11 Å². The Labute approximate surface area is 111 Å². The van der Waals surface area contributed by atoms with Gasteiger partial charge in [0.2, 0.25) is 0 Å². The normalized spacial score (nSPS) is 13.6. The fourth-order valence-corrected chi connectivity index (χ4v) is 1.97. The Morgan fingerprint density at radius 3 is 2.11 bits per heavy atom. The van der Waals surface area contributed by atoms with Gasteiger partial charge in [0.1, 0.15) is 5.92 Å². The number of hydrogen-bond acceptors (Lipinski definition) is 2. The lowest BCUT2D eigenvalue weighted by atomic mass is 9.90. The summed E-state index contributed by atoms with van der Waals surface area (Å²) in [5.74, 6) is -0.593. The third-order valence-electron chi connectivity index (χ3n) is 2.83. The van der Waals surface area contributed by atoms with Gasteiger partial charge in [-0.05, 0) is 23.3 Å². The molecule has 0 aliphatic carbocycles. The van der Waals surface area contributed by atoms with Crippen molar-refractivity contribution in [1.82, 2.24) is 0 Å². The van der Waals surface area contributed by atoms with Gasteiger partial charge in [0.05, 0.1) is 12.2 Å². The van der Waals surface area contributed by atoms with Crippen molar-refractivity contribution in [1.29, 1.82) is 5.26 Å². The van der Waals surface area contributed by atoms with Gasteiger partial charge in [0.25, 0.3) is 0 Å². The molecule has 0 unspecified atom stereocenters. The van der Waals surface area contributed by atoms with Crippen molar-refractivity contribution in [3.8, 4) is 6.07 Å². The molecule has 0 saturated carbocycles. The van der Waals surface area contributed by atoms with E-state index in [0.29, 0.717) is 5.02 Å². The van der Waals surface area contributed by atoms with Crippen molar-refractivity contribution in [2.45, 2.75) is 12.0 Å². The molecular weight excluding hydrogens is 246 g/mol. The Balaban J connectivity index is 2.30. The molecule has 90 valence electrons. The number of hydrogen-bond donors (Lipinski definition) is 1. The summed E-state index contributed by atoms with van der Waals surface area (Å²) >= 11 is 5.81. The van der Waals surface area contributed by atoms with Gasteiger partial charge in [0, 0.05) is 5.02 Å². The monoisotopic (exact) mass is 257 g/mol. The summed E-state index contributed by atoms with van der Waals surface area (Å²) in [6.45, 7) is 0. The molecule has 0 bridgehead atoms. The van der Waals surface area contributed by atoms with E-state index in [1.54, 1.807) is 24.3 Å². The standard InChI is InChI=1S/C15H12ClNO/c16-13-8-6-11(7-9-13)14(10-17)15(18)12-4-2-1-3-5-12/h1-9,14-15,18H/t14-,15-/m0/s1. The fraction of sp³-hybridized carbons (Fsp3) is 0.133. The van der Waals surface area contributed by atoms with Gasteiger partial charge in [-0.2, -0.15) is 5.26 Å². The van der Waals surface area contributed by atoms with Crippen LogP contribution in [0.4, 0.5) is 0 Å². The molecule has 0 fully saturated rings. The number of halogens is 1. The van der Waals surface area contributed by atoms with Crippen molar-refractivity contribution < 1.29 is 5.11 Å². The first-order valence-corrected chi connectivity index (χ1v) is 5.98. The molecule has 2 nitrogen and oxygen atoms in total. The van der Waals surface area contributed by atoms with Crippen LogP contribution in [0.2, 0.25) is 5.02 Å². The Hall–Kier alpha value is -1.82. The fourth-order valence-electron chi connectivity index (χ4n) is 1.84. The summed E-state index contributed by atoms with van der Waals surface area (Å²) in [6.07, 6.45) is -0.836. The van der Waals surface area contributed by atoms with E-state index in [-0.39, 0.29) is 0 Å². The highest BCUT2D eigenvalue weighted by Crippen LogP contribution is 2.30. The second-order valence-electron chi connectivity index (χ2n) is 4.01. The maximum absolute atomic E-state index is 10.2. The van der Waals surface area contributed by atoms with E-state index < -0.39 is 12.0 Å². The minimum absolute atomic E-state index is 0.593.